The summed E-state index contributed by atoms with van der Waals surface area (Å²) in [4.78, 5) is 7.45. The topological polar surface area (TPSA) is 90.0 Å². The van der Waals surface area contributed by atoms with Gasteiger partial charge in [0, 0.05) is 22.7 Å². The summed E-state index contributed by atoms with van der Waals surface area (Å²) < 4.78 is 45.8. The summed E-state index contributed by atoms with van der Waals surface area (Å²) in [6.45, 7) is 0. The van der Waals surface area contributed by atoms with Gasteiger partial charge in [-0.2, -0.15) is 4.98 Å². The average molecular weight is 388 g/mol. The number of rotatable bonds is 5. The van der Waals surface area contributed by atoms with Gasteiger partial charge < -0.3 is 20.0 Å². The quantitative estimate of drug-likeness (QED) is 0.530. The lowest BCUT2D eigenvalue weighted by atomic mass is 10.1. The number of halogens is 3. The van der Waals surface area contributed by atoms with Crippen LogP contribution in [0, 0.1) is 0 Å². The SMILES string of the molecule is N[C@H](Cc1c[nH]c2ccccc12)c1nc(-c2ccc(OC(F)(F)F)cc2)no1. The minimum atomic E-state index is -4.74. The van der Waals surface area contributed by atoms with Crippen LogP contribution in [0.15, 0.2) is 59.3 Å². The Morgan fingerprint density at radius 3 is 2.61 bits per heavy atom. The lowest BCUT2D eigenvalue weighted by molar-refractivity contribution is -0.274. The highest BCUT2D eigenvalue weighted by Gasteiger charge is 2.31. The van der Waals surface area contributed by atoms with Crippen molar-refractivity contribution < 1.29 is 22.4 Å². The van der Waals surface area contributed by atoms with Crippen LogP contribution in [0.2, 0.25) is 0 Å². The number of hydrogen-bond acceptors (Lipinski definition) is 5. The van der Waals surface area contributed by atoms with Crippen LogP contribution >= 0.6 is 0 Å². The van der Waals surface area contributed by atoms with E-state index in [-0.39, 0.29) is 17.5 Å². The lowest BCUT2D eigenvalue weighted by Gasteiger charge is -2.08. The van der Waals surface area contributed by atoms with Crippen LogP contribution < -0.4 is 10.5 Å². The van der Waals surface area contributed by atoms with Crippen molar-refractivity contribution in [2.75, 3.05) is 0 Å². The number of H-pyrrole nitrogens is 1. The van der Waals surface area contributed by atoms with Crippen molar-refractivity contribution in [3.8, 4) is 17.1 Å². The fraction of sp³-hybridized carbons (Fsp3) is 0.158. The van der Waals surface area contributed by atoms with Gasteiger partial charge in [-0.25, -0.2) is 0 Å². The second kappa shape index (κ2) is 7.01. The molecule has 0 aliphatic heterocycles. The number of alkyl halides is 3. The van der Waals surface area contributed by atoms with Crippen LogP contribution in [0.4, 0.5) is 13.2 Å². The zero-order chi connectivity index (χ0) is 19.7. The molecule has 2 heterocycles. The molecular weight excluding hydrogens is 373 g/mol. The third kappa shape index (κ3) is 3.84. The van der Waals surface area contributed by atoms with Gasteiger partial charge in [-0.3, -0.25) is 0 Å². The monoisotopic (exact) mass is 388 g/mol. The molecule has 9 heteroatoms. The molecule has 28 heavy (non-hydrogen) atoms. The van der Waals surface area contributed by atoms with Gasteiger partial charge in [-0.15, -0.1) is 13.2 Å². The van der Waals surface area contributed by atoms with Crippen molar-refractivity contribution in [3.63, 3.8) is 0 Å². The van der Waals surface area contributed by atoms with Crippen molar-refractivity contribution in [2.24, 2.45) is 5.73 Å². The molecule has 0 aliphatic carbocycles. The normalized spacial score (nSPS) is 13.0. The highest BCUT2D eigenvalue weighted by molar-refractivity contribution is 5.83. The van der Waals surface area contributed by atoms with Crippen LogP contribution in [0.3, 0.4) is 0 Å². The predicted octanol–water partition coefficient (Wildman–Crippen LogP) is 4.36. The first kappa shape index (κ1) is 18.1. The molecule has 0 unspecified atom stereocenters. The Kier molecular flexibility index (Phi) is 4.52. The summed E-state index contributed by atoms with van der Waals surface area (Å²) >= 11 is 0. The first-order chi connectivity index (χ1) is 13.4. The number of ether oxygens (including phenoxy) is 1. The number of hydrogen-bond donors (Lipinski definition) is 2. The van der Waals surface area contributed by atoms with Gasteiger partial charge in [0.1, 0.15) is 5.75 Å². The van der Waals surface area contributed by atoms with E-state index >= 15 is 0 Å². The second-order valence-corrected chi connectivity index (χ2v) is 6.20. The molecule has 6 nitrogen and oxygen atoms in total. The Morgan fingerprint density at radius 1 is 1.11 bits per heavy atom. The standard InChI is InChI=1S/C19H15F3N4O2/c20-19(21,22)27-13-7-5-11(6-8-13)17-25-18(28-26-17)15(23)9-12-10-24-16-4-2-1-3-14(12)16/h1-8,10,15,24H,9,23H2/t15-/m1/s1. The maximum Gasteiger partial charge on any atom is 0.573 e. The molecule has 1 atom stereocenters. The van der Waals surface area contributed by atoms with Crippen LogP contribution in [0.25, 0.3) is 22.3 Å². The van der Waals surface area contributed by atoms with Crippen LogP contribution in [0.1, 0.15) is 17.5 Å². The number of nitrogens with zero attached hydrogens (tertiary/aromatic N) is 2. The molecule has 0 spiro atoms. The number of aromatic amines is 1. The zero-order valence-corrected chi connectivity index (χ0v) is 14.4. The molecule has 4 rings (SSSR count). The van der Waals surface area contributed by atoms with Crippen LogP contribution in [-0.2, 0) is 6.42 Å². The van der Waals surface area contributed by atoms with E-state index in [1.54, 1.807) is 0 Å². The Bertz CT molecular complexity index is 1090. The highest BCUT2D eigenvalue weighted by Crippen LogP contribution is 2.27. The van der Waals surface area contributed by atoms with Gasteiger partial charge in [-0.05, 0) is 42.3 Å². The van der Waals surface area contributed by atoms with E-state index in [9.17, 15) is 13.2 Å². The summed E-state index contributed by atoms with van der Waals surface area (Å²) in [5, 5.41) is 4.93. The number of fused-ring (bicyclic) bond motifs is 1. The first-order valence-electron chi connectivity index (χ1n) is 8.39. The Morgan fingerprint density at radius 2 is 1.86 bits per heavy atom. The maximum absolute atomic E-state index is 12.2. The molecule has 0 aliphatic rings. The van der Waals surface area contributed by atoms with E-state index in [4.69, 9.17) is 10.3 Å². The molecule has 0 radical (unpaired) electrons. The second-order valence-electron chi connectivity index (χ2n) is 6.20. The van der Waals surface area contributed by atoms with E-state index in [0.29, 0.717) is 12.0 Å². The maximum atomic E-state index is 12.2. The molecule has 2 aromatic carbocycles. The Hall–Kier alpha value is -3.33. The van der Waals surface area contributed by atoms with Crippen LogP contribution in [-0.4, -0.2) is 21.5 Å². The molecule has 0 saturated heterocycles. The summed E-state index contributed by atoms with van der Waals surface area (Å²) in [5.74, 6) is 0.162. The van der Waals surface area contributed by atoms with Crippen molar-refractivity contribution in [2.45, 2.75) is 18.8 Å². The Balaban J connectivity index is 1.49. The summed E-state index contributed by atoms with van der Waals surface area (Å²) in [6, 6.07) is 12.5. The molecule has 0 fully saturated rings. The molecule has 4 aromatic rings. The molecule has 0 bridgehead atoms. The average Bonchev–Trinajstić information content (AvgIpc) is 3.29. The van der Waals surface area contributed by atoms with Crippen LogP contribution in [0.5, 0.6) is 5.75 Å². The van der Waals surface area contributed by atoms with Crippen molar-refractivity contribution in [3.05, 3.63) is 66.2 Å². The number of para-hydroxylation sites is 1. The number of benzene rings is 2. The van der Waals surface area contributed by atoms with E-state index in [0.717, 1.165) is 16.5 Å². The zero-order valence-electron chi connectivity index (χ0n) is 14.4. The van der Waals surface area contributed by atoms with E-state index in [1.807, 2.05) is 30.5 Å². The number of nitrogens with one attached hydrogen (secondary N) is 1. The smallest absolute Gasteiger partial charge is 0.406 e. The minimum Gasteiger partial charge on any atom is -0.406 e. The molecule has 0 saturated carbocycles. The predicted molar refractivity (Wildman–Crippen MR) is 95.3 cm³/mol. The van der Waals surface area contributed by atoms with Crippen molar-refractivity contribution >= 4 is 10.9 Å². The molecule has 0 amide bonds. The third-order valence-corrected chi connectivity index (χ3v) is 4.22. The molecular formula is C19H15F3N4O2. The molecule has 2 aromatic heterocycles. The van der Waals surface area contributed by atoms with Crippen molar-refractivity contribution in [1.82, 2.24) is 15.1 Å². The van der Waals surface area contributed by atoms with E-state index < -0.39 is 12.4 Å². The van der Waals surface area contributed by atoms with Gasteiger partial charge in [0.05, 0.1) is 6.04 Å². The first-order valence-corrected chi connectivity index (χ1v) is 8.39. The van der Waals surface area contributed by atoms with Gasteiger partial charge in [0.25, 0.3) is 0 Å². The fourth-order valence-corrected chi connectivity index (χ4v) is 2.93. The largest absolute Gasteiger partial charge is 0.573 e. The summed E-state index contributed by atoms with van der Waals surface area (Å²) in [6.07, 6.45) is -2.36. The number of aromatic nitrogens is 3. The summed E-state index contributed by atoms with van der Waals surface area (Å²) in [5.41, 5.74) is 8.73. The van der Waals surface area contributed by atoms with Crippen molar-refractivity contribution in [1.29, 1.82) is 0 Å². The molecule has 144 valence electrons. The van der Waals surface area contributed by atoms with Gasteiger partial charge in [-0.1, -0.05) is 23.4 Å². The van der Waals surface area contributed by atoms with Gasteiger partial charge in [0.15, 0.2) is 0 Å². The molecule has 3 N–H and O–H groups in total. The fourth-order valence-electron chi connectivity index (χ4n) is 2.93. The van der Waals surface area contributed by atoms with Gasteiger partial charge >= 0.3 is 6.36 Å². The van der Waals surface area contributed by atoms with E-state index in [1.165, 1.54) is 24.3 Å². The highest BCUT2D eigenvalue weighted by atomic mass is 19.4. The number of nitrogens with two attached hydrogens (primary N) is 1. The minimum absolute atomic E-state index is 0.239. The van der Waals surface area contributed by atoms with E-state index in [2.05, 4.69) is 19.9 Å². The lowest BCUT2D eigenvalue weighted by Crippen LogP contribution is -2.16. The Labute approximate surface area is 157 Å². The summed E-state index contributed by atoms with van der Waals surface area (Å²) in [7, 11) is 0. The van der Waals surface area contributed by atoms with Gasteiger partial charge in [0.2, 0.25) is 11.7 Å². The third-order valence-electron chi connectivity index (χ3n) is 4.22.